The number of anilines is 1. The van der Waals surface area contributed by atoms with Crippen molar-refractivity contribution in [3.8, 4) is 6.07 Å². The number of nitrogens with zero attached hydrogens (tertiary/aromatic N) is 3. The second-order valence-corrected chi connectivity index (χ2v) is 5.19. The van der Waals surface area contributed by atoms with E-state index >= 15 is 0 Å². The molecule has 0 unspecified atom stereocenters. The molecule has 0 spiro atoms. The lowest BCUT2D eigenvalue weighted by Gasteiger charge is -2.07. The van der Waals surface area contributed by atoms with Crippen LogP contribution in [-0.2, 0) is 18.3 Å². The van der Waals surface area contributed by atoms with Gasteiger partial charge in [-0.25, -0.2) is 0 Å². The number of hydrogen-bond acceptors (Lipinski definition) is 3. The molecule has 21 heavy (non-hydrogen) atoms. The van der Waals surface area contributed by atoms with Crippen LogP contribution in [0.25, 0.3) is 0 Å². The van der Waals surface area contributed by atoms with Crippen molar-refractivity contribution in [2.75, 3.05) is 5.32 Å². The van der Waals surface area contributed by atoms with Crippen LogP contribution in [0, 0.1) is 32.1 Å². The van der Waals surface area contributed by atoms with Crippen molar-refractivity contribution >= 4 is 11.7 Å². The molecule has 1 N–H and O–H groups in total. The molecule has 2 rings (SSSR count). The first-order valence-electron chi connectivity index (χ1n) is 6.72. The first-order valence-corrected chi connectivity index (χ1v) is 6.72. The maximum atomic E-state index is 12.1. The minimum Gasteiger partial charge on any atom is -0.310 e. The lowest BCUT2D eigenvalue weighted by molar-refractivity contribution is -0.115. The molecule has 1 amide bonds. The molecule has 0 radical (unpaired) electrons. The van der Waals surface area contributed by atoms with Gasteiger partial charge in [0.25, 0.3) is 0 Å². The standard InChI is InChI=1S/C16H18N4O/c1-10-5-6-13(7-11(10)2)8-15(21)18-16-14(9-17)12(3)19-20(16)4/h5-7H,8H2,1-4H3,(H,18,21). The average molecular weight is 282 g/mol. The Kier molecular flexibility index (Phi) is 4.08. The molecule has 0 atom stereocenters. The van der Waals surface area contributed by atoms with Gasteiger partial charge in [-0.05, 0) is 37.5 Å². The quantitative estimate of drug-likeness (QED) is 0.939. The first-order chi connectivity index (χ1) is 9.92. The van der Waals surface area contributed by atoms with E-state index < -0.39 is 0 Å². The second kappa shape index (κ2) is 5.80. The van der Waals surface area contributed by atoms with Gasteiger partial charge >= 0.3 is 0 Å². The molecule has 0 aliphatic carbocycles. The SMILES string of the molecule is Cc1ccc(CC(=O)Nc2c(C#N)c(C)nn2C)cc1C. The summed E-state index contributed by atoms with van der Waals surface area (Å²) in [5.74, 6) is 0.293. The van der Waals surface area contributed by atoms with Gasteiger partial charge in [0, 0.05) is 7.05 Å². The Morgan fingerprint density at radius 1 is 1.33 bits per heavy atom. The number of hydrogen-bond donors (Lipinski definition) is 1. The Labute approximate surface area is 124 Å². The highest BCUT2D eigenvalue weighted by Gasteiger charge is 2.15. The van der Waals surface area contributed by atoms with Crippen LogP contribution in [0.15, 0.2) is 18.2 Å². The molecule has 1 aromatic heterocycles. The van der Waals surface area contributed by atoms with Gasteiger partial charge in [0.15, 0.2) is 0 Å². The number of nitriles is 1. The van der Waals surface area contributed by atoms with Crippen molar-refractivity contribution in [2.45, 2.75) is 27.2 Å². The Bertz CT molecular complexity index is 737. The summed E-state index contributed by atoms with van der Waals surface area (Å²) >= 11 is 0. The largest absolute Gasteiger partial charge is 0.310 e. The number of carbonyl (C=O) groups is 1. The summed E-state index contributed by atoms with van der Waals surface area (Å²) in [5.41, 5.74) is 4.34. The molecule has 1 heterocycles. The van der Waals surface area contributed by atoms with Crippen LogP contribution in [0.5, 0.6) is 0 Å². The van der Waals surface area contributed by atoms with Crippen molar-refractivity contribution in [2.24, 2.45) is 7.05 Å². The Morgan fingerprint density at radius 2 is 2.05 bits per heavy atom. The molecule has 0 aliphatic heterocycles. The molecule has 5 nitrogen and oxygen atoms in total. The molecule has 0 saturated carbocycles. The third-order valence-electron chi connectivity index (χ3n) is 3.53. The van der Waals surface area contributed by atoms with E-state index in [1.807, 2.05) is 32.0 Å². The fraction of sp³-hybridized carbons (Fsp3) is 0.312. The minimum atomic E-state index is -0.155. The van der Waals surface area contributed by atoms with Crippen LogP contribution >= 0.6 is 0 Å². The number of rotatable bonds is 3. The zero-order chi connectivity index (χ0) is 15.6. The zero-order valence-corrected chi connectivity index (χ0v) is 12.7. The second-order valence-electron chi connectivity index (χ2n) is 5.19. The summed E-state index contributed by atoms with van der Waals surface area (Å²) in [6.45, 7) is 5.81. The number of amides is 1. The number of aryl methyl sites for hydroxylation is 4. The van der Waals surface area contributed by atoms with E-state index in [0.717, 1.165) is 11.1 Å². The summed E-state index contributed by atoms with van der Waals surface area (Å²) in [5, 5.41) is 16.0. The van der Waals surface area contributed by atoms with Gasteiger partial charge in [-0.15, -0.1) is 0 Å². The monoisotopic (exact) mass is 282 g/mol. The fourth-order valence-corrected chi connectivity index (χ4v) is 2.21. The van der Waals surface area contributed by atoms with Crippen LogP contribution in [-0.4, -0.2) is 15.7 Å². The van der Waals surface area contributed by atoms with E-state index in [-0.39, 0.29) is 12.3 Å². The molecule has 0 bridgehead atoms. The average Bonchev–Trinajstić information content (AvgIpc) is 2.68. The van der Waals surface area contributed by atoms with Gasteiger partial charge in [-0.1, -0.05) is 18.2 Å². The summed E-state index contributed by atoms with van der Waals surface area (Å²) in [4.78, 5) is 12.1. The summed E-state index contributed by atoms with van der Waals surface area (Å²) < 4.78 is 1.52. The van der Waals surface area contributed by atoms with Gasteiger partial charge in [-0.3, -0.25) is 9.48 Å². The molecule has 2 aromatic rings. The van der Waals surface area contributed by atoms with Crippen molar-refractivity contribution in [3.05, 3.63) is 46.1 Å². The topological polar surface area (TPSA) is 70.7 Å². The van der Waals surface area contributed by atoms with Crippen LogP contribution in [0.4, 0.5) is 5.82 Å². The molecule has 0 aliphatic rings. The van der Waals surface area contributed by atoms with Gasteiger partial charge in [0.1, 0.15) is 17.5 Å². The van der Waals surface area contributed by atoms with Crippen molar-refractivity contribution in [1.82, 2.24) is 9.78 Å². The minimum absolute atomic E-state index is 0.155. The fourth-order valence-electron chi connectivity index (χ4n) is 2.21. The van der Waals surface area contributed by atoms with Crippen molar-refractivity contribution in [1.29, 1.82) is 5.26 Å². The van der Waals surface area contributed by atoms with E-state index in [0.29, 0.717) is 17.1 Å². The number of benzene rings is 1. The van der Waals surface area contributed by atoms with E-state index in [1.54, 1.807) is 14.0 Å². The van der Waals surface area contributed by atoms with Crippen LogP contribution < -0.4 is 5.32 Å². The highest BCUT2D eigenvalue weighted by Crippen LogP contribution is 2.18. The van der Waals surface area contributed by atoms with Gasteiger partial charge < -0.3 is 5.32 Å². The number of nitrogens with one attached hydrogen (secondary N) is 1. The highest BCUT2D eigenvalue weighted by molar-refractivity contribution is 5.92. The highest BCUT2D eigenvalue weighted by atomic mass is 16.1. The summed E-state index contributed by atoms with van der Waals surface area (Å²) in [6, 6.07) is 8.03. The lowest BCUT2D eigenvalue weighted by atomic mass is 10.0. The van der Waals surface area contributed by atoms with Gasteiger partial charge in [-0.2, -0.15) is 10.4 Å². The third kappa shape index (κ3) is 3.11. The molecule has 5 heteroatoms. The number of carbonyl (C=O) groups excluding carboxylic acids is 1. The molecule has 0 fully saturated rings. The zero-order valence-electron chi connectivity index (χ0n) is 12.7. The predicted molar refractivity (Wildman–Crippen MR) is 80.9 cm³/mol. The summed E-state index contributed by atoms with van der Waals surface area (Å²) in [6.07, 6.45) is 0.274. The first kappa shape index (κ1) is 14.8. The van der Waals surface area contributed by atoms with E-state index in [2.05, 4.69) is 16.5 Å². The third-order valence-corrected chi connectivity index (χ3v) is 3.53. The Hall–Kier alpha value is -2.61. The van der Waals surface area contributed by atoms with Crippen LogP contribution in [0.1, 0.15) is 27.9 Å². The lowest BCUT2D eigenvalue weighted by Crippen LogP contribution is -2.17. The molecular weight excluding hydrogens is 264 g/mol. The smallest absolute Gasteiger partial charge is 0.229 e. The molecule has 0 saturated heterocycles. The van der Waals surface area contributed by atoms with Gasteiger partial charge in [0.2, 0.25) is 5.91 Å². The molecular formula is C16H18N4O. The Morgan fingerprint density at radius 3 is 2.67 bits per heavy atom. The maximum absolute atomic E-state index is 12.1. The normalized spacial score (nSPS) is 10.2. The number of aromatic nitrogens is 2. The van der Waals surface area contributed by atoms with Crippen molar-refractivity contribution in [3.63, 3.8) is 0 Å². The van der Waals surface area contributed by atoms with Crippen LogP contribution in [0.3, 0.4) is 0 Å². The Balaban J connectivity index is 2.16. The molecule has 1 aromatic carbocycles. The van der Waals surface area contributed by atoms with E-state index in [9.17, 15) is 4.79 Å². The van der Waals surface area contributed by atoms with Crippen molar-refractivity contribution < 1.29 is 4.79 Å². The predicted octanol–water partition coefficient (Wildman–Crippen LogP) is 2.40. The van der Waals surface area contributed by atoms with E-state index in [4.69, 9.17) is 5.26 Å². The van der Waals surface area contributed by atoms with Gasteiger partial charge in [0.05, 0.1) is 12.1 Å². The maximum Gasteiger partial charge on any atom is 0.229 e. The summed E-state index contributed by atoms with van der Waals surface area (Å²) in [7, 11) is 1.71. The van der Waals surface area contributed by atoms with Crippen LogP contribution in [0.2, 0.25) is 0 Å². The molecule has 108 valence electrons. The van der Waals surface area contributed by atoms with E-state index in [1.165, 1.54) is 10.2 Å².